The standard InChI is InChI=1S/C15H21FN2O2S/c1-9(14(8-19)21-2)17-15(20)18-13-6-4-10-3-5-11(16)7-12(10)13/h3,5,7,9,13-14,19H,4,6,8H2,1-2H3,(H2,17,18,20). The van der Waals surface area contributed by atoms with Crippen molar-refractivity contribution in [3.63, 3.8) is 0 Å². The summed E-state index contributed by atoms with van der Waals surface area (Å²) in [6, 6.07) is 4.16. The molecule has 1 aromatic carbocycles. The van der Waals surface area contributed by atoms with E-state index in [0.29, 0.717) is 0 Å². The van der Waals surface area contributed by atoms with Gasteiger partial charge < -0.3 is 15.7 Å². The zero-order chi connectivity index (χ0) is 15.4. The largest absolute Gasteiger partial charge is 0.395 e. The molecule has 6 heteroatoms. The summed E-state index contributed by atoms with van der Waals surface area (Å²) in [6.07, 6.45) is 3.53. The second-order valence-electron chi connectivity index (χ2n) is 5.30. The Morgan fingerprint density at radius 2 is 2.33 bits per heavy atom. The van der Waals surface area contributed by atoms with E-state index in [0.717, 1.165) is 24.0 Å². The molecule has 4 nitrogen and oxygen atoms in total. The minimum absolute atomic E-state index is 0.0140. The highest BCUT2D eigenvalue weighted by Gasteiger charge is 2.25. The molecule has 1 aliphatic rings. The fourth-order valence-electron chi connectivity index (χ4n) is 2.66. The van der Waals surface area contributed by atoms with Crippen molar-refractivity contribution in [2.24, 2.45) is 0 Å². The van der Waals surface area contributed by atoms with Gasteiger partial charge in [0.05, 0.1) is 12.6 Å². The molecule has 0 spiro atoms. The number of aliphatic hydroxyl groups excluding tert-OH is 1. The Morgan fingerprint density at radius 3 is 3.00 bits per heavy atom. The molecule has 1 aliphatic carbocycles. The molecule has 2 amide bonds. The van der Waals surface area contributed by atoms with Gasteiger partial charge in [-0.2, -0.15) is 11.8 Å². The highest BCUT2D eigenvalue weighted by Crippen LogP contribution is 2.31. The Labute approximate surface area is 128 Å². The van der Waals surface area contributed by atoms with Crippen LogP contribution in [-0.2, 0) is 6.42 Å². The Balaban J connectivity index is 1.95. The molecular weight excluding hydrogens is 291 g/mol. The van der Waals surface area contributed by atoms with E-state index in [-0.39, 0.29) is 35.8 Å². The van der Waals surface area contributed by atoms with Crippen LogP contribution in [0.3, 0.4) is 0 Å². The molecule has 3 unspecified atom stereocenters. The summed E-state index contributed by atoms with van der Waals surface area (Å²) in [5.74, 6) is -0.279. The van der Waals surface area contributed by atoms with Gasteiger partial charge in [0, 0.05) is 11.3 Å². The first-order valence-electron chi connectivity index (χ1n) is 7.04. The third kappa shape index (κ3) is 3.89. The molecule has 3 atom stereocenters. The molecule has 116 valence electrons. The van der Waals surface area contributed by atoms with E-state index in [9.17, 15) is 14.3 Å². The number of carbonyl (C=O) groups is 1. The van der Waals surface area contributed by atoms with Crippen LogP contribution in [-0.4, -0.2) is 35.3 Å². The van der Waals surface area contributed by atoms with Crippen molar-refractivity contribution in [1.82, 2.24) is 10.6 Å². The van der Waals surface area contributed by atoms with Crippen LogP contribution in [0.5, 0.6) is 0 Å². The van der Waals surface area contributed by atoms with Gasteiger partial charge in [0.2, 0.25) is 0 Å². The number of aryl methyl sites for hydroxylation is 1. The van der Waals surface area contributed by atoms with Gasteiger partial charge >= 0.3 is 6.03 Å². The van der Waals surface area contributed by atoms with Crippen LogP contribution >= 0.6 is 11.8 Å². The molecule has 3 N–H and O–H groups in total. The minimum Gasteiger partial charge on any atom is -0.395 e. The van der Waals surface area contributed by atoms with Crippen LogP contribution in [0.15, 0.2) is 18.2 Å². The first-order chi connectivity index (χ1) is 10.0. The summed E-state index contributed by atoms with van der Waals surface area (Å²) in [4.78, 5) is 12.0. The number of urea groups is 1. The topological polar surface area (TPSA) is 61.4 Å². The molecule has 0 saturated carbocycles. The lowest BCUT2D eigenvalue weighted by atomic mass is 10.1. The molecule has 21 heavy (non-hydrogen) atoms. The maximum atomic E-state index is 13.3. The highest BCUT2D eigenvalue weighted by atomic mass is 32.2. The predicted octanol–water partition coefficient (Wildman–Crippen LogP) is 2.22. The van der Waals surface area contributed by atoms with Crippen LogP contribution in [0, 0.1) is 5.82 Å². The van der Waals surface area contributed by atoms with Crippen LogP contribution in [0.2, 0.25) is 0 Å². The number of hydrogen-bond acceptors (Lipinski definition) is 3. The number of nitrogens with one attached hydrogen (secondary N) is 2. The SMILES string of the molecule is CSC(CO)C(C)NC(=O)NC1CCc2ccc(F)cc21. The van der Waals surface area contributed by atoms with Gasteiger partial charge in [0.1, 0.15) is 5.82 Å². The number of carbonyl (C=O) groups excluding carboxylic acids is 1. The summed E-state index contributed by atoms with van der Waals surface area (Å²) >= 11 is 1.51. The van der Waals surface area contributed by atoms with E-state index in [1.54, 1.807) is 6.07 Å². The number of fused-ring (bicyclic) bond motifs is 1. The molecule has 0 bridgehead atoms. The Morgan fingerprint density at radius 1 is 1.57 bits per heavy atom. The van der Waals surface area contributed by atoms with E-state index in [1.165, 1.54) is 23.9 Å². The number of aliphatic hydroxyl groups is 1. The zero-order valence-corrected chi connectivity index (χ0v) is 13.0. The number of rotatable bonds is 5. The lowest BCUT2D eigenvalue weighted by Crippen LogP contribution is -2.46. The van der Waals surface area contributed by atoms with E-state index in [4.69, 9.17) is 0 Å². The van der Waals surface area contributed by atoms with Crippen molar-refractivity contribution >= 4 is 17.8 Å². The third-order valence-electron chi connectivity index (χ3n) is 3.89. The molecule has 0 aromatic heterocycles. The van der Waals surface area contributed by atoms with Crippen LogP contribution in [0.1, 0.15) is 30.5 Å². The lowest BCUT2D eigenvalue weighted by Gasteiger charge is -2.23. The van der Waals surface area contributed by atoms with E-state index < -0.39 is 0 Å². The summed E-state index contributed by atoms with van der Waals surface area (Å²) in [6.45, 7) is 1.87. The van der Waals surface area contributed by atoms with E-state index in [1.807, 2.05) is 13.2 Å². The average Bonchev–Trinajstić information content (AvgIpc) is 2.82. The van der Waals surface area contributed by atoms with E-state index >= 15 is 0 Å². The summed E-state index contributed by atoms with van der Waals surface area (Å²) in [5.41, 5.74) is 1.95. The Bertz CT molecular complexity index is 508. The molecule has 2 rings (SSSR count). The smallest absolute Gasteiger partial charge is 0.315 e. The van der Waals surface area contributed by atoms with Gasteiger partial charge in [-0.25, -0.2) is 9.18 Å². The first-order valence-corrected chi connectivity index (χ1v) is 8.33. The van der Waals surface area contributed by atoms with E-state index in [2.05, 4.69) is 10.6 Å². The summed E-state index contributed by atoms with van der Waals surface area (Å²) in [7, 11) is 0. The Kier molecular flexibility index (Phi) is 5.47. The van der Waals surface area contributed by atoms with Gasteiger partial charge in [-0.05, 0) is 49.3 Å². The molecular formula is C15H21FN2O2S. The van der Waals surface area contributed by atoms with Crippen molar-refractivity contribution in [3.8, 4) is 0 Å². The van der Waals surface area contributed by atoms with Crippen molar-refractivity contribution in [1.29, 1.82) is 0 Å². The number of hydrogen-bond donors (Lipinski definition) is 3. The molecule has 0 saturated heterocycles. The minimum atomic E-state index is -0.280. The molecule has 0 fully saturated rings. The second-order valence-corrected chi connectivity index (χ2v) is 6.37. The zero-order valence-electron chi connectivity index (χ0n) is 12.2. The van der Waals surface area contributed by atoms with Gasteiger partial charge in [0.15, 0.2) is 0 Å². The van der Waals surface area contributed by atoms with Crippen LogP contribution in [0.25, 0.3) is 0 Å². The van der Waals surface area contributed by atoms with Gasteiger partial charge in [-0.15, -0.1) is 0 Å². The van der Waals surface area contributed by atoms with Gasteiger partial charge in [-0.3, -0.25) is 0 Å². The average molecular weight is 312 g/mol. The molecule has 0 radical (unpaired) electrons. The monoisotopic (exact) mass is 312 g/mol. The van der Waals surface area contributed by atoms with Gasteiger partial charge in [-0.1, -0.05) is 6.07 Å². The predicted molar refractivity (Wildman–Crippen MR) is 83.0 cm³/mol. The molecule has 1 aromatic rings. The first kappa shape index (κ1) is 16.1. The number of benzene rings is 1. The van der Waals surface area contributed by atoms with Crippen molar-refractivity contribution in [3.05, 3.63) is 35.1 Å². The fraction of sp³-hybridized carbons (Fsp3) is 0.533. The third-order valence-corrected chi connectivity index (χ3v) is 5.05. The van der Waals surface area contributed by atoms with Crippen molar-refractivity contribution in [2.75, 3.05) is 12.9 Å². The molecule has 0 aliphatic heterocycles. The number of halogens is 1. The summed E-state index contributed by atoms with van der Waals surface area (Å²) < 4.78 is 13.3. The maximum Gasteiger partial charge on any atom is 0.315 e. The fourth-order valence-corrected chi connectivity index (χ4v) is 3.28. The van der Waals surface area contributed by atoms with Crippen molar-refractivity contribution < 1.29 is 14.3 Å². The normalized spacial score (nSPS) is 19.7. The Hall–Kier alpha value is -1.27. The maximum absolute atomic E-state index is 13.3. The van der Waals surface area contributed by atoms with Crippen LogP contribution < -0.4 is 10.6 Å². The highest BCUT2D eigenvalue weighted by molar-refractivity contribution is 7.99. The molecule has 0 heterocycles. The lowest BCUT2D eigenvalue weighted by molar-refractivity contribution is 0.229. The summed E-state index contributed by atoms with van der Waals surface area (Å²) in [5, 5.41) is 14.9. The van der Waals surface area contributed by atoms with Crippen LogP contribution in [0.4, 0.5) is 9.18 Å². The second kappa shape index (κ2) is 7.13. The number of amides is 2. The van der Waals surface area contributed by atoms with Gasteiger partial charge in [0.25, 0.3) is 0 Å². The number of thioether (sulfide) groups is 1. The quantitative estimate of drug-likeness (QED) is 0.781. The van der Waals surface area contributed by atoms with Crippen molar-refractivity contribution in [2.45, 2.75) is 37.1 Å².